The van der Waals surface area contributed by atoms with Crippen LogP contribution < -0.4 is 4.72 Å². The molecule has 0 saturated heterocycles. The van der Waals surface area contributed by atoms with Crippen molar-refractivity contribution in [2.45, 2.75) is 6.92 Å². The van der Waals surface area contributed by atoms with Gasteiger partial charge in [-0.1, -0.05) is 4.21 Å². The molecule has 0 spiro atoms. The van der Waals surface area contributed by atoms with Gasteiger partial charge in [0.2, 0.25) is 0 Å². The van der Waals surface area contributed by atoms with Crippen LogP contribution in [0.15, 0.2) is 0 Å². The van der Waals surface area contributed by atoms with E-state index in [9.17, 15) is 9.00 Å². The highest BCUT2D eigenvalue weighted by atomic mass is 32.2. The standard InChI is InChI=1S/C3H7NO2S/c1-3(5)4-7(2)6/h1-2H3,(H,4,5,6)/p+1. The Kier molecular flexibility index (Phi) is 2.59. The number of nitrogens with one attached hydrogen (secondary N) is 1. The molecule has 0 aromatic heterocycles. The Morgan fingerprint density at radius 2 is 2.14 bits per heavy atom. The third kappa shape index (κ3) is 5.62. The quantitative estimate of drug-likeness (QED) is 0.371. The first-order valence-electron chi connectivity index (χ1n) is 1.81. The van der Waals surface area contributed by atoms with Crippen LogP contribution in [0.4, 0.5) is 0 Å². The summed E-state index contributed by atoms with van der Waals surface area (Å²) in [5.74, 6) is -0.247. The van der Waals surface area contributed by atoms with Crippen LogP contribution in [0.5, 0.6) is 0 Å². The summed E-state index contributed by atoms with van der Waals surface area (Å²) in [6.45, 7) is 1.33. The summed E-state index contributed by atoms with van der Waals surface area (Å²) in [4.78, 5) is 9.96. The van der Waals surface area contributed by atoms with E-state index in [2.05, 4.69) is 4.72 Å². The SMILES string of the molecule is CC(=O)N[SH+](C)=O. The fraction of sp³-hybridized carbons (Fsp3) is 0.667. The van der Waals surface area contributed by atoms with E-state index < -0.39 is 11.0 Å². The van der Waals surface area contributed by atoms with Crippen molar-refractivity contribution in [3.63, 3.8) is 0 Å². The van der Waals surface area contributed by atoms with E-state index in [0.29, 0.717) is 0 Å². The summed E-state index contributed by atoms with van der Waals surface area (Å²) < 4.78 is 12.2. The van der Waals surface area contributed by atoms with Crippen molar-refractivity contribution in [1.82, 2.24) is 4.72 Å². The maximum absolute atomic E-state index is 10.1. The predicted octanol–water partition coefficient (Wildman–Crippen LogP) is -0.637. The zero-order valence-electron chi connectivity index (χ0n) is 4.26. The molecule has 1 atom stereocenters. The molecule has 0 aromatic carbocycles. The molecule has 7 heavy (non-hydrogen) atoms. The smallest absolute Gasteiger partial charge is 0.257 e. The molecular formula is C3H8NO2S+. The molecule has 4 heteroatoms. The lowest BCUT2D eigenvalue weighted by atomic mass is 10.8. The molecule has 1 unspecified atom stereocenters. The van der Waals surface area contributed by atoms with Crippen molar-refractivity contribution in [3.8, 4) is 0 Å². The number of amides is 1. The van der Waals surface area contributed by atoms with Crippen LogP contribution >= 0.6 is 0 Å². The van der Waals surface area contributed by atoms with Gasteiger partial charge in [-0.25, -0.2) is 0 Å². The van der Waals surface area contributed by atoms with Gasteiger partial charge >= 0.3 is 0 Å². The summed E-state index contributed by atoms with van der Waals surface area (Å²) in [6.07, 6.45) is 1.44. The first-order valence-corrected chi connectivity index (χ1v) is 3.51. The highest BCUT2D eigenvalue weighted by molar-refractivity contribution is 7.82. The molecule has 0 rings (SSSR count). The van der Waals surface area contributed by atoms with E-state index in [1.54, 1.807) is 0 Å². The van der Waals surface area contributed by atoms with Crippen molar-refractivity contribution in [1.29, 1.82) is 0 Å². The average molecular weight is 122 g/mol. The van der Waals surface area contributed by atoms with Gasteiger partial charge in [-0.3, -0.25) is 4.79 Å². The maximum atomic E-state index is 10.1. The molecular weight excluding hydrogens is 114 g/mol. The predicted molar refractivity (Wildman–Crippen MR) is 29.2 cm³/mol. The van der Waals surface area contributed by atoms with E-state index in [-0.39, 0.29) is 5.91 Å². The molecule has 0 aliphatic rings. The van der Waals surface area contributed by atoms with Gasteiger partial charge in [0.1, 0.15) is 6.26 Å². The Hall–Kier alpha value is -0.380. The molecule has 0 heterocycles. The van der Waals surface area contributed by atoms with Crippen LogP contribution in [-0.4, -0.2) is 12.2 Å². The highest BCUT2D eigenvalue weighted by Gasteiger charge is 1.94. The van der Waals surface area contributed by atoms with E-state index in [4.69, 9.17) is 0 Å². The molecule has 0 saturated carbocycles. The maximum Gasteiger partial charge on any atom is 0.257 e. The zero-order chi connectivity index (χ0) is 5.86. The Morgan fingerprint density at radius 3 is 2.14 bits per heavy atom. The van der Waals surface area contributed by atoms with E-state index in [1.165, 1.54) is 13.2 Å². The molecule has 0 aliphatic carbocycles. The molecule has 1 N–H and O–H groups in total. The summed E-state index contributed by atoms with van der Waals surface area (Å²) in [6, 6.07) is 0. The first-order chi connectivity index (χ1) is 3.13. The highest BCUT2D eigenvalue weighted by Crippen LogP contribution is 1.62. The van der Waals surface area contributed by atoms with Crippen LogP contribution in [0.3, 0.4) is 0 Å². The van der Waals surface area contributed by atoms with E-state index >= 15 is 0 Å². The van der Waals surface area contributed by atoms with Crippen molar-refractivity contribution < 1.29 is 9.00 Å². The second-order valence-corrected chi connectivity index (χ2v) is 2.38. The van der Waals surface area contributed by atoms with Gasteiger partial charge in [0, 0.05) is 6.92 Å². The normalized spacial score (nSPS) is 12.9. The largest absolute Gasteiger partial charge is 0.271 e. The second-order valence-electron chi connectivity index (χ2n) is 1.17. The molecule has 0 aromatic rings. The molecule has 0 radical (unpaired) electrons. The second kappa shape index (κ2) is 2.74. The number of rotatable bonds is 1. The van der Waals surface area contributed by atoms with Crippen LogP contribution in [0, 0.1) is 0 Å². The molecule has 3 nitrogen and oxygen atoms in total. The van der Waals surface area contributed by atoms with Crippen molar-refractivity contribution in [2.75, 3.05) is 6.26 Å². The fourth-order valence-electron chi connectivity index (χ4n) is 0.222. The molecule has 0 bridgehead atoms. The Balaban J connectivity index is 3.32. The van der Waals surface area contributed by atoms with Gasteiger partial charge in [-0.2, -0.15) is 4.72 Å². The zero-order valence-corrected chi connectivity index (χ0v) is 5.16. The Bertz CT molecular complexity index is 89.1. The lowest BCUT2D eigenvalue weighted by molar-refractivity contribution is -0.117. The van der Waals surface area contributed by atoms with Gasteiger partial charge in [-0.15, -0.1) is 0 Å². The number of carbonyl (C=O) groups is 1. The van der Waals surface area contributed by atoms with Gasteiger partial charge in [0.15, 0.2) is 11.0 Å². The lowest BCUT2D eigenvalue weighted by Gasteiger charge is -1.83. The number of thiol groups is 1. The fourth-order valence-corrected chi connectivity index (χ4v) is 0.665. The minimum absolute atomic E-state index is 0.247. The minimum Gasteiger partial charge on any atom is -0.271 e. The average Bonchev–Trinajstić information content (AvgIpc) is 1.27. The van der Waals surface area contributed by atoms with Gasteiger partial charge in [0.05, 0.1) is 0 Å². The van der Waals surface area contributed by atoms with Gasteiger partial charge < -0.3 is 0 Å². The van der Waals surface area contributed by atoms with Crippen LogP contribution in [0.1, 0.15) is 6.92 Å². The first kappa shape index (κ1) is 6.62. The number of hydrogen-bond donors (Lipinski definition) is 1. The summed E-state index contributed by atoms with van der Waals surface area (Å²) in [7, 11) is -1.49. The van der Waals surface area contributed by atoms with Crippen LogP contribution in [0.2, 0.25) is 0 Å². The van der Waals surface area contributed by atoms with Gasteiger partial charge in [0.25, 0.3) is 5.91 Å². The third-order valence-corrected chi connectivity index (χ3v) is 0.945. The van der Waals surface area contributed by atoms with Crippen LogP contribution in [-0.2, 0) is 20.0 Å². The number of hydrogen-bond acceptors (Lipinski definition) is 2. The molecule has 0 fully saturated rings. The molecule has 42 valence electrons. The van der Waals surface area contributed by atoms with Crippen LogP contribution in [0.25, 0.3) is 0 Å². The third-order valence-electron chi connectivity index (χ3n) is 0.315. The Morgan fingerprint density at radius 1 is 1.71 bits per heavy atom. The minimum atomic E-state index is -1.49. The summed E-state index contributed by atoms with van der Waals surface area (Å²) in [5.41, 5.74) is 0. The Labute approximate surface area is 44.7 Å². The summed E-state index contributed by atoms with van der Waals surface area (Å²) >= 11 is 0. The monoisotopic (exact) mass is 122 g/mol. The van der Waals surface area contributed by atoms with Gasteiger partial charge in [-0.05, 0) is 0 Å². The van der Waals surface area contributed by atoms with E-state index in [0.717, 1.165) is 0 Å². The topological polar surface area (TPSA) is 46.2 Å². The summed E-state index contributed by atoms with van der Waals surface area (Å²) in [5, 5.41) is 0. The molecule has 1 amide bonds. The van der Waals surface area contributed by atoms with Crippen molar-refractivity contribution in [3.05, 3.63) is 0 Å². The lowest BCUT2D eigenvalue weighted by Crippen LogP contribution is -2.20. The number of carbonyl (C=O) groups excluding carboxylic acids is 1. The van der Waals surface area contributed by atoms with Crippen molar-refractivity contribution in [2.24, 2.45) is 0 Å². The van der Waals surface area contributed by atoms with E-state index in [1.807, 2.05) is 0 Å². The molecule has 0 aliphatic heterocycles. The van der Waals surface area contributed by atoms with Crippen molar-refractivity contribution >= 4 is 16.9 Å².